The zero-order valence-corrected chi connectivity index (χ0v) is 12.5. The highest BCUT2D eigenvalue weighted by Gasteiger charge is 2.25. The van der Waals surface area contributed by atoms with E-state index in [1.807, 2.05) is 0 Å². The summed E-state index contributed by atoms with van der Waals surface area (Å²) in [6.45, 7) is 8.33. The van der Waals surface area contributed by atoms with Crippen LogP contribution in [0.15, 0.2) is 0 Å². The van der Waals surface area contributed by atoms with Crippen molar-refractivity contribution in [2.75, 3.05) is 53.9 Å². The van der Waals surface area contributed by atoms with Crippen LogP contribution in [0, 0.1) is 0 Å². The zero-order chi connectivity index (χ0) is 13.1. The van der Waals surface area contributed by atoms with Crippen LogP contribution in [0.3, 0.4) is 0 Å². The van der Waals surface area contributed by atoms with Crippen LogP contribution in [-0.4, -0.2) is 86.7 Å². The summed E-state index contributed by atoms with van der Waals surface area (Å²) in [6.07, 6.45) is 2.59. The van der Waals surface area contributed by atoms with Crippen molar-refractivity contribution in [2.24, 2.45) is 0 Å². The summed E-state index contributed by atoms with van der Waals surface area (Å²) in [7, 11) is 6.74. The minimum absolute atomic E-state index is 0.679. The third kappa shape index (κ3) is 3.67. The molecule has 0 aliphatic carbocycles. The number of likely N-dealkylation sites (tertiary alicyclic amines) is 1. The van der Waals surface area contributed by atoms with Crippen LogP contribution in [0.1, 0.15) is 19.8 Å². The highest BCUT2D eigenvalue weighted by molar-refractivity contribution is 4.85. The fourth-order valence-electron chi connectivity index (χ4n) is 3.10. The Bertz CT molecular complexity index is 258. The van der Waals surface area contributed by atoms with E-state index in [2.05, 4.69) is 48.1 Å². The van der Waals surface area contributed by atoms with Crippen molar-refractivity contribution in [3.8, 4) is 0 Å². The number of nitrogens with zero attached hydrogens (tertiary/aromatic N) is 3. The molecule has 2 rings (SSSR count). The Hall–Kier alpha value is -0.160. The fourth-order valence-corrected chi connectivity index (χ4v) is 3.10. The number of hydrogen-bond acceptors (Lipinski definition) is 4. The van der Waals surface area contributed by atoms with Gasteiger partial charge in [0, 0.05) is 44.3 Å². The topological polar surface area (TPSA) is 21.8 Å². The molecule has 0 bridgehead atoms. The van der Waals surface area contributed by atoms with Crippen LogP contribution in [-0.2, 0) is 0 Å². The first kappa shape index (κ1) is 14.3. The number of piperidine rings is 1. The largest absolute Gasteiger partial charge is 0.312 e. The van der Waals surface area contributed by atoms with Crippen LogP contribution in [0.5, 0.6) is 0 Å². The highest BCUT2D eigenvalue weighted by Crippen LogP contribution is 2.15. The number of rotatable bonds is 3. The second-order valence-electron chi connectivity index (χ2n) is 6.36. The van der Waals surface area contributed by atoms with Crippen molar-refractivity contribution >= 4 is 0 Å². The Kier molecular flexibility index (Phi) is 5.01. The predicted octanol–water partition coefficient (Wildman–Crippen LogP) is 0.305. The van der Waals surface area contributed by atoms with E-state index >= 15 is 0 Å². The normalized spacial score (nSPS) is 37.0. The van der Waals surface area contributed by atoms with Gasteiger partial charge in [-0.15, -0.1) is 0 Å². The number of piperazine rings is 1. The van der Waals surface area contributed by atoms with Gasteiger partial charge in [0.15, 0.2) is 0 Å². The minimum Gasteiger partial charge on any atom is -0.312 e. The first-order valence-corrected chi connectivity index (χ1v) is 7.38. The summed E-state index contributed by atoms with van der Waals surface area (Å²) in [6, 6.07) is 2.12. The number of nitrogens with one attached hydrogen (secondary N) is 1. The molecule has 1 N–H and O–H groups in total. The van der Waals surface area contributed by atoms with Gasteiger partial charge in [0.25, 0.3) is 0 Å². The molecule has 4 nitrogen and oxygen atoms in total. The van der Waals surface area contributed by atoms with Crippen LogP contribution >= 0.6 is 0 Å². The van der Waals surface area contributed by atoms with E-state index in [0.717, 1.165) is 18.6 Å². The van der Waals surface area contributed by atoms with Gasteiger partial charge in [0.1, 0.15) is 0 Å². The SMILES string of the molecule is CC1CC(NCC2CN(C)CCN2C)CCN1C. The molecular formula is C14H30N4. The average molecular weight is 254 g/mol. The van der Waals surface area contributed by atoms with Crippen molar-refractivity contribution in [3.63, 3.8) is 0 Å². The minimum atomic E-state index is 0.679. The van der Waals surface area contributed by atoms with Crippen molar-refractivity contribution < 1.29 is 0 Å². The number of hydrogen-bond donors (Lipinski definition) is 1. The molecule has 18 heavy (non-hydrogen) atoms. The van der Waals surface area contributed by atoms with E-state index in [4.69, 9.17) is 0 Å². The van der Waals surface area contributed by atoms with Crippen LogP contribution in [0.25, 0.3) is 0 Å². The van der Waals surface area contributed by atoms with Gasteiger partial charge in [0.2, 0.25) is 0 Å². The van der Waals surface area contributed by atoms with E-state index < -0.39 is 0 Å². The summed E-state index contributed by atoms with van der Waals surface area (Å²) < 4.78 is 0. The summed E-state index contributed by atoms with van der Waals surface area (Å²) >= 11 is 0. The first-order chi connectivity index (χ1) is 8.56. The molecular weight excluding hydrogens is 224 g/mol. The molecule has 0 aromatic rings. The smallest absolute Gasteiger partial charge is 0.0345 e. The molecule has 0 aromatic heterocycles. The molecule has 2 heterocycles. The second-order valence-corrected chi connectivity index (χ2v) is 6.36. The lowest BCUT2D eigenvalue weighted by Gasteiger charge is -2.40. The van der Waals surface area contributed by atoms with Crippen LogP contribution in [0.2, 0.25) is 0 Å². The maximum atomic E-state index is 3.80. The Balaban J connectivity index is 1.74. The molecule has 0 amide bonds. The lowest BCUT2D eigenvalue weighted by molar-refractivity contribution is 0.104. The Morgan fingerprint density at radius 3 is 2.56 bits per heavy atom. The average Bonchev–Trinajstić information content (AvgIpc) is 2.34. The molecule has 0 saturated carbocycles. The molecule has 2 saturated heterocycles. The first-order valence-electron chi connectivity index (χ1n) is 7.38. The van der Waals surface area contributed by atoms with E-state index in [0.29, 0.717) is 6.04 Å². The molecule has 2 aliphatic heterocycles. The van der Waals surface area contributed by atoms with Crippen LogP contribution < -0.4 is 5.32 Å². The molecule has 3 atom stereocenters. The summed E-state index contributed by atoms with van der Waals surface area (Å²) in [5.74, 6) is 0. The fraction of sp³-hybridized carbons (Fsp3) is 1.00. The monoisotopic (exact) mass is 254 g/mol. The van der Waals surface area contributed by atoms with Gasteiger partial charge >= 0.3 is 0 Å². The lowest BCUT2D eigenvalue weighted by atomic mass is 9.98. The van der Waals surface area contributed by atoms with E-state index in [1.54, 1.807) is 0 Å². The van der Waals surface area contributed by atoms with Gasteiger partial charge in [-0.25, -0.2) is 0 Å². The second kappa shape index (κ2) is 6.33. The van der Waals surface area contributed by atoms with Gasteiger partial charge in [0.05, 0.1) is 0 Å². The standard InChI is InChI=1S/C14H30N4/c1-12-9-13(5-6-17(12)3)15-10-14-11-16(2)7-8-18(14)4/h12-15H,5-11H2,1-4H3. The lowest BCUT2D eigenvalue weighted by Crippen LogP contribution is -2.56. The maximum Gasteiger partial charge on any atom is 0.0345 e. The molecule has 0 spiro atoms. The summed E-state index contributed by atoms with van der Waals surface area (Å²) in [5, 5.41) is 3.80. The Labute approximate surface area is 112 Å². The van der Waals surface area contributed by atoms with Gasteiger partial charge in [-0.3, -0.25) is 4.90 Å². The Morgan fingerprint density at radius 1 is 1.06 bits per heavy atom. The molecule has 2 aliphatic rings. The van der Waals surface area contributed by atoms with Gasteiger partial charge in [-0.05, 0) is 47.5 Å². The van der Waals surface area contributed by atoms with Crippen molar-refractivity contribution in [1.82, 2.24) is 20.0 Å². The van der Waals surface area contributed by atoms with E-state index in [1.165, 1.54) is 39.0 Å². The molecule has 2 fully saturated rings. The molecule has 0 radical (unpaired) electrons. The highest BCUT2D eigenvalue weighted by atomic mass is 15.3. The van der Waals surface area contributed by atoms with Crippen LogP contribution in [0.4, 0.5) is 0 Å². The Morgan fingerprint density at radius 2 is 1.83 bits per heavy atom. The van der Waals surface area contributed by atoms with Crippen molar-refractivity contribution in [1.29, 1.82) is 0 Å². The molecule has 106 valence electrons. The zero-order valence-electron chi connectivity index (χ0n) is 12.5. The van der Waals surface area contributed by atoms with Gasteiger partial charge in [-0.2, -0.15) is 0 Å². The van der Waals surface area contributed by atoms with Gasteiger partial charge in [-0.1, -0.05) is 0 Å². The molecule has 3 unspecified atom stereocenters. The third-order valence-electron chi connectivity index (χ3n) is 4.83. The summed E-state index contributed by atoms with van der Waals surface area (Å²) in [5.41, 5.74) is 0. The number of likely N-dealkylation sites (N-methyl/N-ethyl adjacent to an activating group) is 2. The maximum absolute atomic E-state index is 3.80. The molecule has 0 aromatic carbocycles. The summed E-state index contributed by atoms with van der Waals surface area (Å²) in [4.78, 5) is 7.42. The van der Waals surface area contributed by atoms with E-state index in [-0.39, 0.29) is 0 Å². The van der Waals surface area contributed by atoms with Crippen molar-refractivity contribution in [3.05, 3.63) is 0 Å². The van der Waals surface area contributed by atoms with Gasteiger partial charge < -0.3 is 15.1 Å². The van der Waals surface area contributed by atoms with Crippen molar-refractivity contribution in [2.45, 2.75) is 37.9 Å². The quantitative estimate of drug-likeness (QED) is 0.782. The van der Waals surface area contributed by atoms with E-state index in [9.17, 15) is 0 Å². The predicted molar refractivity (Wildman–Crippen MR) is 77.0 cm³/mol. The molecule has 4 heteroatoms. The third-order valence-corrected chi connectivity index (χ3v) is 4.83.